The molecule has 0 saturated heterocycles. The van der Waals surface area contributed by atoms with E-state index in [1.54, 1.807) is 23.7 Å². The van der Waals surface area contributed by atoms with Crippen molar-refractivity contribution in [3.8, 4) is 0 Å². The largest absolute Gasteiger partial charge is 0.459 e. The van der Waals surface area contributed by atoms with Crippen LogP contribution in [-0.4, -0.2) is 17.4 Å². The summed E-state index contributed by atoms with van der Waals surface area (Å²) in [6.45, 7) is 2.46. The van der Waals surface area contributed by atoms with Crippen LogP contribution in [0.2, 0.25) is 0 Å². The van der Waals surface area contributed by atoms with Crippen LogP contribution in [0, 0.1) is 6.92 Å². The molecule has 22 heavy (non-hydrogen) atoms. The molecule has 4 nitrogen and oxygen atoms in total. The van der Waals surface area contributed by atoms with Crippen LogP contribution in [-0.2, 0) is 6.42 Å². The first kappa shape index (κ1) is 15.3. The monoisotopic (exact) mass is 318 g/mol. The van der Waals surface area contributed by atoms with Crippen LogP contribution in [0.4, 0.5) is 0 Å². The second-order valence-electron chi connectivity index (χ2n) is 5.94. The van der Waals surface area contributed by atoms with Gasteiger partial charge in [0.25, 0.3) is 5.91 Å². The fourth-order valence-electron chi connectivity index (χ4n) is 2.99. The number of hydrogen-bond acceptors (Lipinski definition) is 4. The minimum Gasteiger partial charge on any atom is -0.459 e. The van der Waals surface area contributed by atoms with Crippen molar-refractivity contribution in [1.82, 2.24) is 10.3 Å². The number of furan rings is 1. The van der Waals surface area contributed by atoms with Crippen molar-refractivity contribution < 1.29 is 9.21 Å². The fourth-order valence-corrected chi connectivity index (χ4v) is 3.87. The Hall–Kier alpha value is -1.62. The van der Waals surface area contributed by atoms with Gasteiger partial charge in [0, 0.05) is 29.8 Å². The van der Waals surface area contributed by atoms with E-state index in [2.05, 4.69) is 10.7 Å². The molecule has 1 aliphatic rings. The summed E-state index contributed by atoms with van der Waals surface area (Å²) in [4.78, 5) is 16.7. The topological polar surface area (TPSA) is 55.1 Å². The second kappa shape index (κ2) is 7.09. The van der Waals surface area contributed by atoms with E-state index in [-0.39, 0.29) is 5.91 Å². The van der Waals surface area contributed by atoms with Gasteiger partial charge in [0.2, 0.25) is 0 Å². The van der Waals surface area contributed by atoms with Gasteiger partial charge in [0.1, 0.15) is 0 Å². The zero-order valence-electron chi connectivity index (χ0n) is 12.9. The SMILES string of the molecule is Cc1ccoc1C(=O)NCCc1nc(C2CCCCC2)cs1. The average Bonchev–Trinajstić information content (AvgIpc) is 3.17. The third-order valence-corrected chi connectivity index (χ3v) is 5.21. The highest BCUT2D eigenvalue weighted by molar-refractivity contribution is 7.09. The van der Waals surface area contributed by atoms with Crippen molar-refractivity contribution in [2.75, 3.05) is 6.54 Å². The van der Waals surface area contributed by atoms with E-state index in [9.17, 15) is 4.79 Å². The van der Waals surface area contributed by atoms with Crippen molar-refractivity contribution in [1.29, 1.82) is 0 Å². The number of carbonyl (C=O) groups excluding carboxylic acids is 1. The van der Waals surface area contributed by atoms with Crippen molar-refractivity contribution in [3.63, 3.8) is 0 Å². The van der Waals surface area contributed by atoms with Gasteiger partial charge < -0.3 is 9.73 Å². The maximum Gasteiger partial charge on any atom is 0.287 e. The molecular formula is C17H22N2O2S. The molecule has 1 fully saturated rings. The molecule has 1 amide bonds. The molecule has 118 valence electrons. The van der Waals surface area contributed by atoms with Crippen molar-refractivity contribution in [2.24, 2.45) is 0 Å². The minimum atomic E-state index is -0.147. The highest BCUT2D eigenvalue weighted by Gasteiger charge is 2.18. The van der Waals surface area contributed by atoms with Crippen LogP contribution < -0.4 is 5.32 Å². The molecule has 0 aromatic carbocycles. The quantitative estimate of drug-likeness (QED) is 0.904. The van der Waals surface area contributed by atoms with Gasteiger partial charge in [-0.3, -0.25) is 4.79 Å². The number of aromatic nitrogens is 1. The average molecular weight is 318 g/mol. The van der Waals surface area contributed by atoms with Gasteiger partial charge in [0.15, 0.2) is 5.76 Å². The third-order valence-electron chi connectivity index (χ3n) is 4.29. The number of aryl methyl sites for hydroxylation is 1. The summed E-state index contributed by atoms with van der Waals surface area (Å²) in [5, 5.41) is 6.20. The highest BCUT2D eigenvalue weighted by atomic mass is 32.1. The molecule has 2 aromatic rings. The molecule has 0 atom stereocenters. The standard InChI is InChI=1S/C17H22N2O2S/c1-12-8-10-21-16(12)17(20)18-9-7-15-19-14(11-22-15)13-5-3-2-4-6-13/h8,10-11,13H,2-7,9H2,1H3,(H,18,20). The zero-order chi connectivity index (χ0) is 15.4. The Morgan fingerprint density at radius 3 is 2.95 bits per heavy atom. The number of hydrogen-bond donors (Lipinski definition) is 1. The first-order valence-corrected chi connectivity index (χ1v) is 8.88. The van der Waals surface area contributed by atoms with Gasteiger partial charge in [-0.2, -0.15) is 0 Å². The number of rotatable bonds is 5. The summed E-state index contributed by atoms with van der Waals surface area (Å²) in [5.74, 6) is 0.910. The van der Waals surface area contributed by atoms with Gasteiger partial charge in [0.05, 0.1) is 17.0 Å². The lowest BCUT2D eigenvalue weighted by Crippen LogP contribution is -2.25. The molecular weight excluding hydrogens is 296 g/mol. The molecule has 0 aliphatic heterocycles. The van der Waals surface area contributed by atoms with E-state index < -0.39 is 0 Å². The number of amides is 1. The van der Waals surface area contributed by atoms with Crippen molar-refractivity contribution in [2.45, 2.75) is 51.4 Å². The van der Waals surface area contributed by atoms with Crippen LogP contribution in [0.1, 0.15) is 64.8 Å². The number of carbonyl (C=O) groups is 1. The summed E-state index contributed by atoms with van der Waals surface area (Å²) in [6.07, 6.45) is 8.90. The Morgan fingerprint density at radius 2 is 2.23 bits per heavy atom. The first-order valence-electron chi connectivity index (χ1n) is 8.00. The number of nitrogens with zero attached hydrogens (tertiary/aromatic N) is 1. The Morgan fingerprint density at radius 1 is 1.41 bits per heavy atom. The molecule has 2 heterocycles. The Balaban J connectivity index is 1.49. The normalized spacial score (nSPS) is 15.9. The van der Waals surface area contributed by atoms with E-state index in [1.165, 1.54) is 37.8 Å². The molecule has 0 spiro atoms. The van der Waals surface area contributed by atoms with Gasteiger partial charge in [-0.25, -0.2) is 4.98 Å². The number of thiazole rings is 1. The molecule has 0 bridgehead atoms. The van der Waals surface area contributed by atoms with E-state index in [1.807, 2.05) is 6.92 Å². The van der Waals surface area contributed by atoms with Crippen molar-refractivity contribution in [3.05, 3.63) is 39.7 Å². The second-order valence-corrected chi connectivity index (χ2v) is 6.88. The summed E-state index contributed by atoms with van der Waals surface area (Å²) in [7, 11) is 0. The fraction of sp³-hybridized carbons (Fsp3) is 0.529. The smallest absolute Gasteiger partial charge is 0.287 e. The Bertz CT molecular complexity index is 626. The highest BCUT2D eigenvalue weighted by Crippen LogP contribution is 2.33. The summed E-state index contributed by atoms with van der Waals surface area (Å²) >= 11 is 1.71. The predicted molar refractivity (Wildman–Crippen MR) is 87.4 cm³/mol. The lowest BCUT2D eigenvalue weighted by molar-refractivity contribution is 0.0925. The molecule has 0 radical (unpaired) electrons. The van der Waals surface area contributed by atoms with Crippen molar-refractivity contribution >= 4 is 17.2 Å². The van der Waals surface area contributed by atoms with E-state index >= 15 is 0 Å². The molecule has 1 saturated carbocycles. The van der Waals surface area contributed by atoms with Gasteiger partial charge in [-0.1, -0.05) is 19.3 Å². The van der Waals surface area contributed by atoms with E-state index in [4.69, 9.17) is 9.40 Å². The Kier molecular flexibility index (Phi) is 4.93. The summed E-state index contributed by atoms with van der Waals surface area (Å²) < 4.78 is 5.19. The molecule has 1 N–H and O–H groups in total. The van der Waals surface area contributed by atoms with E-state index in [0.717, 1.165) is 17.0 Å². The van der Waals surface area contributed by atoms with Gasteiger partial charge >= 0.3 is 0 Å². The predicted octanol–water partition coefficient (Wildman–Crippen LogP) is 4.06. The molecule has 5 heteroatoms. The summed E-state index contributed by atoms with van der Waals surface area (Å²) in [6, 6.07) is 1.80. The maximum absolute atomic E-state index is 11.9. The van der Waals surface area contributed by atoms with Crippen LogP contribution in [0.25, 0.3) is 0 Å². The minimum absolute atomic E-state index is 0.147. The van der Waals surface area contributed by atoms with Crippen LogP contribution in [0.3, 0.4) is 0 Å². The van der Waals surface area contributed by atoms with Crippen LogP contribution >= 0.6 is 11.3 Å². The number of nitrogens with one attached hydrogen (secondary N) is 1. The molecule has 3 rings (SSSR count). The summed E-state index contributed by atoms with van der Waals surface area (Å²) in [5.41, 5.74) is 2.12. The Labute approximate surface area is 134 Å². The lowest BCUT2D eigenvalue weighted by atomic mass is 9.87. The molecule has 2 aromatic heterocycles. The first-order chi connectivity index (χ1) is 10.7. The van der Waals surface area contributed by atoms with E-state index in [0.29, 0.717) is 18.2 Å². The lowest BCUT2D eigenvalue weighted by Gasteiger charge is -2.19. The van der Waals surface area contributed by atoms with Gasteiger partial charge in [-0.15, -0.1) is 11.3 Å². The van der Waals surface area contributed by atoms with Crippen LogP contribution in [0.5, 0.6) is 0 Å². The molecule has 0 unspecified atom stereocenters. The van der Waals surface area contributed by atoms with Gasteiger partial charge in [-0.05, 0) is 25.8 Å². The zero-order valence-corrected chi connectivity index (χ0v) is 13.7. The molecule has 1 aliphatic carbocycles. The van der Waals surface area contributed by atoms with Crippen LogP contribution in [0.15, 0.2) is 22.1 Å². The third kappa shape index (κ3) is 3.58. The maximum atomic E-state index is 11.9.